The molecule has 8 heteroatoms. The number of nitrogens with one attached hydrogen (secondary N) is 1. The lowest BCUT2D eigenvalue weighted by Crippen LogP contribution is -2.32. The normalized spacial score (nSPS) is 16.6. The van der Waals surface area contributed by atoms with Crippen LogP contribution in [0, 0.1) is 0 Å². The van der Waals surface area contributed by atoms with E-state index in [0.717, 1.165) is 39.7 Å². The number of aromatic nitrogens is 1. The number of fused-ring (bicyclic) bond motifs is 1. The minimum atomic E-state index is -0.00212. The van der Waals surface area contributed by atoms with Crippen LogP contribution in [0.1, 0.15) is 18.4 Å². The molecule has 1 unspecified atom stereocenters. The Morgan fingerprint density at radius 2 is 2.28 bits per heavy atom. The van der Waals surface area contributed by atoms with Crippen molar-refractivity contribution in [2.24, 2.45) is 4.99 Å². The number of para-hydroxylation sites is 1. The van der Waals surface area contributed by atoms with E-state index in [1.165, 1.54) is 11.8 Å². The number of thioether (sulfide) groups is 1. The summed E-state index contributed by atoms with van der Waals surface area (Å²) < 4.78 is 7.38. The predicted molar refractivity (Wildman–Crippen MR) is 118 cm³/mol. The molecule has 6 nitrogen and oxygen atoms in total. The number of thiazole rings is 1. The fourth-order valence-corrected chi connectivity index (χ4v) is 4.92. The molecule has 1 atom stereocenters. The van der Waals surface area contributed by atoms with Crippen molar-refractivity contribution in [1.29, 1.82) is 0 Å². The van der Waals surface area contributed by atoms with E-state index in [2.05, 4.69) is 15.3 Å². The maximum Gasteiger partial charge on any atom is 0.230 e. The Labute approximate surface area is 177 Å². The van der Waals surface area contributed by atoms with Gasteiger partial charge in [0.1, 0.15) is 5.75 Å². The standard InChI is InChI=1S/C21H21N3O3S2/c25-18-6-2-1-4-14(18)11-22-15-7-8-17-19(10-15)29-21(24-17)28-13-20(26)23-12-16-5-3-9-27-16/h1-2,4,6-8,10-11,16,25H,3,5,9,12-13H2,(H,23,26). The van der Waals surface area contributed by atoms with Gasteiger partial charge < -0.3 is 15.2 Å². The van der Waals surface area contributed by atoms with E-state index >= 15 is 0 Å². The van der Waals surface area contributed by atoms with Crippen molar-refractivity contribution in [2.75, 3.05) is 18.9 Å². The van der Waals surface area contributed by atoms with Gasteiger partial charge in [0.05, 0.1) is 27.8 Å². The molecule has 0 saturated carbocycles. The minimum absolute atomic E-state index is 0.00212. The number of hydrogen-bond acceptors (Lipinski definition) is 7. The van der Waals surface area contributed by atoms with Crippen molar-refractivity contribution in [3.05, 3.63) is 48.0 Å². The van der Waals surface area contributed by atoms with Crippen LogP contribution in [0.5, 0.6) is 5.75 Å². The second-order valence-corrected chi connectivity index (χ2v) is 8.93. The molecular weight excluding hydrogens is 406 g/mol. The summed E-state index contributed by atoms with van der Waals surface area (Å²) in [5.74, 6) is 0.537. The molecule has 1 fully saturated rings. The largest absolute Gasteiger partial charge is 0.507 e. The van der Waals surface area contributed by atoms with Crippen LogP contribution < -0.4 is 5.32 Å². The van der Waals surface area contributed by atoms with Crippen molar-refractivity contribution < 1.29 is 14.6 Å². The lowest BCUT2D eigenvalue weighted by Gasteiger charge is -2.09. The molecule has 0 aliphatic carbocycles. The van der Waals surface area contributed by atoms with Crippen LogP contribution in [0.25, 0.3) is 10.2 Å². The third-order valence-corrected chi connectivity index (χ3v) is 6.68. The van der Waals surface area contributed by atoms with E-state index < -0.39 is 0 Å². The first-order valence-corrected chi connectivity index (χ1v) is 11.2. The van der Waals surface area contributed by atoms with Crippen LogP contribution in [0.4, 0.5) is 5.69 Å². The number of benzene rings is 2. The maximum atomic E-state index is 12.0. The Kier molecular flexibility index (Phi) is 6.43. The topological polar surface area (TPSA) is 83.8 Å². The average molecular weight is 428 g/mol. The molecule has 1 amide bonds. The molecule has 150 valence electrons. The molecule has 0 spiro atoms. The van der Waals surface area contributed by atoms with Crippen LogP contribution in [-0.4, -0.2) is 47.2 Å². The van der Waals surface area contributed by atoms with Crippen LogP contribution in [0.2, 0.25) is 0 Å². The molecule has 3 aromatic rings. The average Bonchev–Trinajstić information content (AvgIpc) is 3.39. The monoisotopic (exact) mass is 427 g/mol. The number of phenolic OH excluding ortho intramolecular Hbond substituents is 1. The fourth-order valence-electron chi connectivity index (χ4n) is 2.99. The molecule has 0 radical (unpaired) electrons. The van der Waals surface area contributed by atoms with Crippen molar-refractivity contribution in [2.45, 2.75) is 23.3 Å². The molecule has 1 aliphatic rings. The van der Waals surface area contributed by atoms with Gasteiger partial charge in [-0.15, -0.1) is 11.3 Å². The molecule has 2 heterocycles. The van der Waals surface area contributed by atoms with Gasteiger partial charge in [0.25, 0.3) is 0 Å². The number of rotatable bonds is 7. The van der Waals surface area contributed by atoms with Gasteiger partial charge in [-0.25, -0.2) is 4.98 Å². The summed E-state index contributed by atoms with van der Waals surface area (Å²) in [6.45, 7) is 1.37. The van der Waals surface area contributed by atoms with Gasteiger partial charge >= 0.3 is 0 Å². The zero-order valence-electron chi connectivity index (χ0n) is 15.7. The summed E-state index contributed by atoms with van der Waals surface area (Å²) in [6, 6.07) is 12.8. The molecule has 1 aliphatic heterocycles. The molecule has 4 rings (SSSR count). The third-order valence-electron chi connectivity index (χ3n) is 4.52. The lowest BCUT2D eigenvalue weighted by atomic mass is 10.2. The van der Waals surface area contributed by atoms with Gasteiger partial charge in [-0.05, 0) is 43.2 Å². The van der Waals surface area contributed by atoms with Gasteiger partial charge in [-0.2, -0.15) is 0 Å². The van der Waals surface area contributed by atoms with E-state index in [4.69, 9.17) is 4.74 Å². The smallest absolute Gasteiger partial charge is 0.230 e. The van der Waals surface area contributed by atoms with E-state index in [1.54, 1.807) is 29.7 Å². The van der Waals surface area contributed by atoms with E-state index in [1.807, 2.05) is 30.3 Å². The number of aromatic hydroxyl groups is 1. The van der Waals surface area contributed by atoms with Crippen LogP contribution in [-0.2, 0) is 9.53 Å². The Morgan fingerprint density at radius 3 is 3.10 bits per heavy atom. The van der Waals surface area contributed by atoms with Crippen LogP contribution >= 0.6 is 23.1 Å². The first-order valence-electron chi connectivity index (χ1n) is 9.41. The number of carbonyl (C=O) groups excluding carboxylic acids is 1. The van der Waals surface area contributed by atoms with Gasteiger partial charge in [-0.3, -0.25) is 9.79 Å². The Hall–Kier alpha value is -2.42. The zero-order chi connectivity index (χ0) is 20.1. The molecule has 2 aromatic carbocycles. The SMILES string of the molecule is O=C(CSc1nc2ccc(N=Cc3ccccc3O)cc2s1)NCC1CCCO1. The molecule has 29 heavy (non-hydrogen) atoms. The van der Waals surface area contributed by atoms with Crippen molar-refractivity contribution in [3.63, 3.8) is 0 Å². The molecule has 0 bridgehead atoms. The second-order valence-electron chi connectivity index (χ2n) is 6.68. The highest BCUT2D eigenvalue weighted by molar-refractivity contribution is 8.01. The van der Waals surface area contributed by atoms with Gasteiger partial charge in [0.15, 0.2) is 4.34 Å². The van der Waals surface area contributed by atoms with Crippen molar-refractivity contribution in [3.8, 4) is 5.75 Å². The first-order chi connectivity index (χ1) is 14.2. The summed E-state index contributed by atoms with van der Waals surface area (Å²) in [7, 11) is 0. The zero-order valence-corrected chi connectivity index (χ0v) is 17.3. The van der Waals surface area contributed by atoms with E-state index in [9.17, 15) is 9.90 Å². The number of nitrogens with zero attached hydrogens (tertiary/aromatic N) is 2. The minimum Gasteiger partial charge on any atom is -0.507 e. The highest BCUT2D eigenvalue weighted by atomic mass is 32.2. The molecule has 2 N–H and O–H groups in total. The summed E-state index contributed by atoms with van der Waals surface area (Å²) >= 11 is 2.98. The van der Waals surface area contributed by atoms with Crippen LogP contribution in [0.15, 0.2) is 51.8 Å². The molecule has 1 aromatic heterocycles. The van der Waals surface area contributed by atoms with E-state index in [-0.39, 0.29) is 17.8 Å². The quantitative estimate of drug-likeness (QED) is 0.437. The highest BCUT2D eigenvalue weighted by Crippen LogP contribution is 2.32. The maximum absolute atomic E-state index is 12.0. The van der Waals surface area contributed by atoms with Gasteiger partial charge in [0.2, 0.25) is 5.91 Å². The Balaban J connectivity index is 1.35. The number of phenols is 1. The third kappa shape index (κ3) is 5.35. The fraction of sp³-hybridized carbons (Fsp3) is 0.286. The summed E-state index contributed by atoms with van der Waals surface area (Å²) in [5, 5.41) is 12.8. The van der Waals surface area contributed by atoms with Crippen LogP contribution in [0.3, 0.4) is 0 Å². The number of ether oxygens (including phenoxy) is 1. The summed E-state index contributed by atoms with van der Waals surface area (Å²) in [6.07, 6.45) is 3.88. The highest BCUT2D eigenvalue weighted by Gasteiger charge is 2.16. The number of aliphatic imine (C=N–C) groups is 1. The molecule has 1 saturated heterocycles. The number of amides is 1. The van der Waals surface area contributed by atoms with Gasteiger partial charge in [-0.1, -0.05) is 23.9 Å². The Morgan fingerprint density at radius 1 is 1.38 bits per heavy atom. The molecular formula is C21H21N3O3S2. The summed E-state index contributed by atoms with van der Waals surface area (Å²) in [5.41, 5.74) is 2.34. The van der Waals surface area contributed by atoms with E-state index in [0.29, 0.717) is 17.9 Å². The Bertz CT molecular complexity index is 1030. The first kappa shape index (κ1) is 19.9. The van der Waals surface area contributed by atoms with Crippen molar-refractivity contribution >= 4 is 51.1 Å². The lowest BCUT2D eigenvalue weighted by molar-refractivity contribution is -0.119. The van der Waals surface area contributed by atoms with Crippen molar-refractivity contribution in [1.82, 2.24) is 10.3 Å². The predicted octanol–water partition coefficient (Wildman–Crippen LogP) is 4.14. The second kappa shape index (κ2) is 9.39. The number of hydrogen-bond donors (Lipinski definition) is 2. The summed E-state index contributed by atoms with van der Waals surface area (Å²) in [4.78, 5) is 21.1. The van der Waals surface area contributed by atoms with Gasteiger partial charge in [0, 0.05) is 24.9 Å². The number of carbonyl (C=O) groups is 1.